The molecule has 1 aliphatic rings. The van der Waals surface area contributed by atoms with Gasteiger partial charge in [0.15, 0.2) is 17.7 Å². The highest BCUT2D eigenvalue weighted by Gasteiger charge is 2.39. The van der Waals surface area contributed by atoms with E-state index in [1.54, 1.807) is 0 Å². The minimum atomic E-state index is -1.52. The van der Waals surface area contributed by atoms with Gasteiger partial charge in [0, 0.05) is 6.92 Å². The van der Waals surface area contributed by atoms with Crippen LogP contribution >= 0.6 is 0 Å². The van der Waals surface area contributed by atoms with Crippen molar-refractivity contribution in [3.8, 4) is 0 Å². The van der Waals surface area contributed by atoms with E-state index >= 15 is 0 Å². The average molecular weight is 188 g/mol. The number of ether oxygens (including phenoxy) is 2. The number of cyclic esters (lactones) is 1. The van der Waals surface area contributed by atoms with Crippen molar-refractivity contribution in [1.29, 1.82) is 0 Å². The lowest BCUT2D eigenvalue weighted by molar-refractivity contribution is -0.146. The summed E-state index contributed by atoms with van der Waals surface area (Å²) in [6.07, 6.45) is -2.86. The highest BCUT2D eigenvalue weighted by atomic mass is 19.1. The first kappa shape index (κ1) is 9.70. The van der Waals surface area contributed by atoms with Gasteiger partial charge in [-0.3, -0.25) is 4.79 Å². The third-order valence-electron chi connectivity index (χ3n) is 1.61. The second kappa shape index (κ2) is 3.55. The molecule has 1 saturated heterocycles. The van der Waals surface area contributed by atoms with Gasteiger partial charge in [0.05, 0.1) is 0 Å². The Balaban J connectivity index is 2.57. The summed E-state index contributed by atoms with van der Waals surface area (Å²) < 4.78 is 21.9. The lowest BCUT2D eigenvalue weighted by Crippen LogP contribution is -2.27. The lowest BCUT2D eigenvalue weighted by atomic mass is 10.2. The van der Waals surface area contributed by atoms with Gasteiger partial charge in [0.1, 0.15) is 6.61 Å². The van der Waals surface area contributed by atoms with Gasteiger partial charge in [-0.25, -0.2) is 9.18 Å². The van der Waals surface area contributed by atoms with Gasteiger partial charge in [-0.05, 0) is 0 Å². The number of carbonyl (C=O) groups excluding carboxylic acids is 2. The minimum absolute atomic E-state index is 0.230. The summed E-state index contributed by atoms with van der Waals surface area (Å²) in [5, 5.41) is 0. The number of allylic oxidation sites excluding steroid dienone is 1. The van der Waals surface area contributed by atoms with E-state index in [4.69, 9.17) is 4.74 Å². The third kappa shape index (κ3) is 2.05. The number of rotatable bonds is 3. The maximum Gasteiger partial charge on any atom is 0.350 e. The molecule has 0 bridgehead atoms. The highest BCUT2D eigenvalue weighted by Crippen LogP contribution is 2.17. The van der Waals surface area contributed by atoms with Gasteiger partial charge >= 0.3 is 5.97 Å². The zero-order chi connectivity index (χ0) is 10.0. The largest absolute Gasteiger partial charge is 0.472 e. The predicted molar refractivity (Wildman–Crippen MR) is 40.5 cm³/mol. The molecule has 0 N–H and O–H groups in total. The molecule has 4 nitrogen and oxygen atoms in total. The number of esters is 1. The summed E-state index contributed by atoms with van der Waals surface area (Å²) in [4.78, 5) is 21.4. The van der Waals surface area contributed by atoms with Crippen LogP contribution in [0, 0.1) is 0 Å². The fourth-order valence-electron chi connectivity index (χ4n) is 0.837. The van der Waals surface area contributed by atoms with Crippen molar-refractivity contribution in [2.45, 2.75) is 19.2 Å². The van der Waals surface area contributed by atoms with Gasteiger partial charge < -0.3 is 9.47 Å². The average Bonchev–Trinajstić information content (AvgIpc) is 2.35. The molecule has 2 unspecified atom stereocenters. The standard InChI is InChI=1S/C8H9FO4/c1-4(10)5(2)13-7-6(9)3-12-8(7)11/h6-7H,2-3H2,1H3. The van der Waals surface area contributed by atoms with Crippen LogP contribution < -0.4 is 0 Å². The van der Waals surface area contributed by atoms with Crippen LogP contribution in [-0.4, -0.2) is 30.6 Å². The van der Waals surface area contributed by atoms with Gasteiger partial charge in [-0.1, -0.05) is 6.58 Å². The van der Waals surface area contributed by atoms with E-state index in [1.807, 2.05) is 0 Å². The fourth-order valence-corrected chi connectivity index (χ4v) is 0.837. The van der Waals surface area contributed by atoms with E-state index in [1.165, 1.54) is 6.92 Å². The smallest absolute Gasteiger partial charge is 0.350 e. The number of Topliss-reactive ketones (excluding diaryl/α,β-unsaturated/α-hetero) is 1. The number of halogens is 1. The van der Waals surface area contributed by atoms with Crippen LogP contribution in [0.5, 0.6) is 0 Å². The third-order valence-corrected chi connectivity index (χ3v) is 1.61. The molecule has 0 aromatic carbocycles. The normalized spacial score (nSPS) is 26.8. The van der Waals surface area contributed by atoms with E-state index in [-0.39, 0.29) is 12.4 Å². The van der Waals surface area contributed by atoms with Gasteiger partial charge in [0.25, 0.3) is 0 Å². The van der Waals surface area contributed by atoms with Crippen LogP contribution in [0.2, 0.25) is 0 Å². The van der Waals surface area contributed by atoms with Crippen molar-refractivity contribution in [2.75, 3.05) is 6.61 Å². The molecule has 1 rings (SSSR count). The summed E-state index contributed by atoms with van der Waals surface area (Å²) in [7, 11) is 0. The quantitative estimate of drug-likeness (QED) is 0.364. The van der Waals surface area contributed by atoms with Crippen molar-refractivity contribution >= 4 is 11.8 Å². The summed E-state index contributed by atoms with van der Waals surface area (Å²) >= 11 is 0. The van der Waals surface area contributed by atoms with Crippen molar-refractivity contribution < 1.29 is 23.5 Å². The van der Waals surface area contributed by atoms with Crippen molar-refractivity contribution in [3.63, 3.8) is 0 Å². The molecule has 2 atom stereocenters. The number of alkyl halides is 1. The Morgan fingerprint density at radius 3 is 2.77 bits per heavy atom. The molecule has 1 fully saturated rings. The fraction of sp³-hybridized carbons (Fsp3) is 0.500. The Morgan fingerprint density at radius 2 is 2.38 bits per heavy atom. The van der Waals surface area contributed by atoms with E-state index < -0.39 is 24.0 Å². The van der Waals surface area contributed by atoms with Crippen LogP contribution in [0.1, 0.15) is 6.92 Å². The second-order valence-corrected chi connectivity index (χ2v) is 2.66. The molecule has 0 aromatic rings. The Morgan fingerprint density at radius 1 is 1.77 bits per heavy atom. The highest BCUT2D eigenvalue weighted by molar-refractivity contribution is 5.91. The number of ketones is 1. The Bertz CT molecular complexity index is 261. The molecule has 0 amide bonds. The molecule has 0 aromatic heterocycles. The zero-order valence-corrected chi connectivity index (χ0v) is 7.08. The topological polar surface area (TPSA) is 52.6 Å². The van der Waals surface area contributed by atoms with Gasteiger partial charge in [-0.2, -0.15) is 0 Å². The van der Waals surface area contributed by atoms with E-state index in [0.717, 1.165) is 0 Å². The van der Waals surface area contributed by atoms with Crippen molar-refractivity contribution in [1.82, 2.24) is 0 Å². The molecule has 0 spiro atoms. The van der Waals surface area contributed by atoms with Crippen molar-refractivity contribution in [3.05, 3.63) is 12.3 Å². The number of carbonyl (C=O) groups is 2. The van der Waals surface area contributed by atoms with E-state index in [9.17, 15) is 14.0 Å². The second-order valence-electron chi connectivity index (χ2n) is 2.66. The zero-order valence-electron chi connectivity index (χ0n) is 7.08. The van der Waals surface area contributed by atoms with E-state index in [0.29, 0.717) is 0 Å². The van der Waals surface area contributed by atoms with Gasteiger partial charge in [-0.15, -0.1) is 0 Å². The molecule has 0 radical (unpaired) electrons. The maximum absolute atomic E-state index is 12.8. The molecule has 0 saturated carbocycles. The summed E-state index contributed by atoms with van der Waals surface area (Å²) in [5.41, 5.74) is 0. The summed E-state index contributed by atoms with van der Waals surface area (Å²) in [5.74, 6) is -1.46. The summed E-state index contributed by atoms with van der Waals surface area (Å²) in [6, 6.07) is 0. The van der Waals surface area contributed by atoms with E-state index in [2.05, 4.69) is 11.3 Å². The maximum atomic E-state index is 12.8. The van der Waals surface area contributed by atoms with Crippen LogP contribution in [-0.2, 0) is 19.1 Å². The number of hydrogen-bond donors (Lipinski definition) is 0. The molecule has 13 heavy (non-hydrogen) atoms. The Hall–Kier alpha value is -1.39. The van der Waals surface area contributed by atoms with Crippen LogP contribution in [0.15, 0.2) is 12.3 Å². The first-order valence-corrected chi connectivity index (χ1v) is 3.69. The van der Waals surface area contributed by atoms with Gasteiger partial charge in [0.2, 0.25) is 6.10 Å². The SMILES string of the molecule is C=C(OC1C(=O)OCC1F)C(C)=O. The first-order chi connectivity index (χ1) is 6.02. The number of hydrogen-bond acceptors (Lipinski definition) is 4. The predicted octanol–water partition coefficient (Wildman–Crippen LogP) is 0.369. The molecule has 5 heteroatoms. The van der Waals surface area contributed by atoms with Crippen LogP contribution in [0.25, 0.3) is 0 Å². The molecular formula is C8H9FO4. The van der Waals surface area contributed by atoms with Crippen molar-refractivity contribution in [2.24, 2.45) is 0 Å². The minimum Gasteiger partial charge on any atom is -0.472 e. The molecular weight excluding hydrogens is 179 g/mol. The molecule has 0 aliphatic carbocycles. The molecule has 1 heterocycles. The lowest BCUT2D eigenvalue weighted by Gasteiger charge is -2.11. The Labute approximate surface area is 74.3 Å². The van der Waals surface area contributed by atoms with Crippen LogP contribution in [0.3, 0.4) is 0 Å². The Kier molecular flexibility index (Phi) is 2.65. The first-order valence-electron chi connectivity index (χ1n) is 3.69. The summed E-state index contributed by atoms with van der Waals surface area (Å²) in [6.45, 7) is 4.13. The molecule has 72 valence electrons. The van der Waals surface area contributed by atoms with Crippen LogP contribution in [0.4, 0.5) is 4.39 Å². The monoisotopic (exact) mass is 188 g/mol. The molecule has 1 aliphatic heterocycles.